The Hall–Kier alpha value is -1.70. The van der Waals surface area contributed by atoms with Crippen LogP contribution in [0.2, 0.25) is 0 Å². The second-order valence-electron chi connectivity index (χ2n) is 7.70. The summed E-state index contributed by atoms with van der Waals surface area (Å²) in [4.78, 5) is 13.6. The Balaban J connectivity index is 1.98. The molecule has 8 heteroatoms. The molecule has 0 aromatic heterocycles. The van der Waals surface area contributed by atoms with Crippen molar-refractivity contribution in [3.63, 3.8) is 0 Å². The van der Waals surface area contributed by atoms with E-state index in [1.807, 2.05) is 0 Å². The van der Waals surface area contributed by atoms with Crippen molar-refractivity contribution in [3.05, 3.63) is 29.8 Å². The molecule has 2 amide bonds. The van der Waals surface area contributed by atoms with Crippen LogP contribution in [0.4, 0.5) is 19.3 Å². The van der Waals surface area contributed by atoms with Gasteiger partial charge in [-0.25, -0.2) is 22.0 Å². The Morgan fingerprint density at radius 2 is 1.77 bits per heavy atom. The zero-order chi connectivity index (χ0) is 19.6. The number of nitrogens with one attached hydrogen (secondary N) is 1. The van der Waals surface area contributed by atoms with Crippen molar-refractivity contribution in [2.24, 2.45) is 0 Å². The van der Waals surface area contributed by atoms with Gasteiger partial charge in [-0.1, -0.05) is 12.1 Å². The first-order valence-electron chi connectivity index (χ1n) is 8.65. The molecular formula is C18H26F2N2O3S. The van der Waals surface area contributed by atoms with E-state index in [2.05, 4.69) is 5.32 Å². The Morgan fingerprint density at radius 3 is 2.35 bits per heavy atom. The largest absolute Gasteiger partial charge is 0.324 e. The average molecular weight is 388 g/mol. The van der Waals surface area contributed by atoms with Crippen LogP contribution in [0.1, 0.15) is 45.6 Å². The molecular weight excluding hydrogens is 362 g/mol. The van der Waals surface area contributed by atoms with E-state index in [1.165, 1.54) is 4.90 Å². The van der Waals surface area contributed by atoms with Crippen LogP contribution in [0.5, 0.6) is 0 Å². The van der Waals surface area contributed by atoms with Gasteiger partial charge in [0.05, 0.1) is 10.5 Å². The fourth-order valence-electron chi connectivity index (χ4n) is 2.59. The van der Waals surface area contributed by atoms with Gasteiger partial charge in [0, 0.05) is 31.6 Å². The molecule has 0 atom stereocenters. The van der Waals surface area contributed by atoms with Crippen molar-refractivity contribution in [1.29, 1.82) is 0 Å². The molecule has 1 aromatic carbocycles. The normalized spacial score (nSPS) is 18.3. The number of rotatable bonds is 3. The van der Waals surface area contributed by atoms with E-state index >= 15 is 0 Å². The van der Waals surface area contributed by atoms with Crippen molar-refractivity contribution < 1.29 is 22.0 Å². The van der Waals surface area contributed by atoms with Gasteiger partial charge in [-0.3, -0.25) is 0 Å². The van der Waals surface area contributed by atoms with Gasteiger partial charge in [0.15, 0.2) is 9.84 Å². The highest BCUT2D eigenvalue weighted by atomic mass is 32.2. The van der Waals surface area contributed by atoms with Crippen LogP contribution >= 0.6 is 0 Å². The standard InChI is InChI=1S/C18H26F2N2O3S/c1-17(2,3)26(24,25)13-14-5-7-15(8-6-14)21-16(23)22-11-4-9-18(19,20)10-12-22/h5-8H,4,9-13H2,1-3H3,(H,21,23). The molecule has 26 heavy (non-hydrogen) atoms. The molecule has 0 unspecified atom stereocenters. The van der Waals surface area contributed by atoms with Crippen molar-refractivity contribution >= 4 is 21.6 Å². The number of sulfone groups is 1. The lowest BCUT2D eigenvalue weighted by molar-refractivity contribution is -0.0121. The number of amides is 2. The fourth-order valence-corrected chi connectivity index (χ4v) is 3.65. The van der Waals surface area contributed by atoms with Gasteiger partial charge in [-0.2, -0.15) is 0 Å². The number of urea groups is 1. The maximum absolute atomic E-state index is 13.4. The lowest BCUT2D eigenvalue weighted by Crippen LogP contribution is -2.36. The summed E-state index contributed by atoms with van der Waals surface area (Å²) in [5.74, 6) is -2.79. The lowest BCUT2D eigenvalue weighted by atomic mass is 10.1. The number of halogens is 2. The minimum atomic E-state index is -3.29. The van der Waals surface area contributed by atoms with E-state index in [0.29, 0.717) is 17.8 Å². The van der Waals surface area contributed by atoms with Crippen LogP contribution in [0.15, 0.2) is 24.3 Å². The molecule has 1 aliphatic heterocycles. The van der Waals surface area contributed by atoms with Crippen molar-refractivity contribution in [1.82, 2.24) is 4.90 Å². The monoisotopic (exact) mass is 388 g/mol. The highest BCUT2D eigenvalue weighted by Crippen LogP contribution is 2.28. The van der Waals surface area contributed by atoms with Gasteiger partial charge in [0.1, 0.15) is 0 Å². The van der Waals surface area contributed by atoms with Gasteiger partial charge in [-0.05, 0) is 44.9 Å². The van der Waals surface area contributed by atoms with Crippen molar-refractivity contribution in [2.75, 3.05) is 18.4 Å². The van der Waals surface area contributed by atoms with E-state index in [4.69, 9.17) is 0 Å². The van der Waals surface area contributed by atoms with Gasteiger partial charge >= 0.3 is 6.03 Å². The third kappa shape index (κ3) is 5.40. The highest BCUT2D eigenvalue weighted by molar-refractivity contribution is 7.91. The first-order chi connectivity index (χ1) is 11.9. The van der Waals surface area contributed by atoms with Crippen LogP contribution < -0.4 is 5.32 Å². The SMILES string of the molecule is CC(C)(C)S(=O)(=O)Cc1ccc(NC(=O)N2CCCC(F)(F)CC2)cc1. The highest BCUT2D eigenvalue weighted by Gasteiger charge is 2.33. The molecule has 1 fully saturated rings. The van der Waals surface area contributed by atoms with E-state index in [1.54, 1.807) is 45.0 Å². The van der Waals surface area contributed by atoms with Gasteiger partial charge in [-0.15, -0.1) is 0 Å². The molecule has 0 bridgehead atoms. The number of hydrogen-bond donors (Lipinski definition) is 1. The first-order valence-corrected chi connectivity index (χ1v) is 10.3. The lowest BCUT2D eigenvalue weighted by Gasteiger charge is -2.21. The number of likely N-dealkylation sites (tertiary alicyclic amines) is 1. The third-order valence-corrected chi connectivity index (χ3v) is 7.08. The molecule has 1 heterocycles. The van der Waals surface area contributed by atoms with Crippen LogP contribution in [-0.2, 0) is 15.6 Å². The predicted molar refractivity (Wildman–Crippen MR) is 98.2 cm³/mol. The van der Waals surface area contributed by atoms with E-state index in [9.17, 15) is 22.0 Å². The van der Waals surface area contributed by atoms with Gasteiger partial charge < -0.3 is 10.2 Å². The summed E-state index contributed by atoms with van der Waals surface area (Å²) in [7, 11) is -3.29. The number of alkyl halides is 2. The maximum atomic E-state index is 13.4. The van der Waals surface area contributed by atoms with E-state index in [-0.39, 0.29) is 31.6 Å². The summed E-state index contributed by atoms with van der Waals surface area (Å²) in [6.45, 7) is 5.27. The number of benzene rings is 1. The average Bonchev–Trinajstić information content (AvgIpc) is 2.68. The molecule has 146 valence electrons. The number of carbonyl (C=O) groups is 1. The molecule has 0 saturated carbocycles. The maximum Gasteiger partial charge on any atom is 0.321 e. The summed E-state index contributed by atoms with van der Waals surface area (Å²) in [6, 6.07) is 6.12. The Labute approximate surface area is 153 Å². The minimum absolute atomic E-state index is 0.0146. The molecule has 0 radical (unpaired) electrons. The second kappa shape index (κ2) is 7.50. The van der Waals surface area contributed by atoms with E-state index < -0.39 is 26.5 Å². The van der Waals surface area contributed by atoms with Gasteiger partial charge in [0.2, 0.25) is 5.92 Å². The number of anilines is 1. The molecule has 2 rings (SSSR count). The first kappa shape index (κ1) is 20.6. The number of carbonyl (C=O) groups excluding carboxylic acids is 1. The van der Waals surface area contributed by atoms with Crippen LogP contribution in [0, 0.1) is 0 Å². The predicted octanol–water partition coefficient (Wildman–Crippen LogP) is 4.05. The summed E-state index contributed by atoms with van der Waals surface area (Å²) in [5, 5.41) is 2.68. The summed E-state index contributed by atoms with van der Waals surface area (Å²) >= 11 is 0. The quantitative estimate of drug-likeness (QED) is 0.849. The number of hydrogen-bond acceptors (Lipinski definition) is 3. The zero-order valence-electron chi connectivity index (χ0n) is 15.4. The van der Waals surface area contributed by atoms with Crippen molar-refractivity contribution in [3.8, 4) is 0 Å². The molecule has 1 N–H and O–H groups in total. The molecule has 5 nitrogen and oxygen atoms in total. The molecule has 1 saturated heterocycles. The van der Waals surface area contributed by atoms with Crippen molar-refractivity contribution in [2.45, 2.75) is 56.5 Å². The van der Waals surface area contributed by atoms with Crippen LogP contribution in [0.3, 0.4) is 0 Å². The minimum Gasteiger partial charge on any atom is -0.324 e. The fraction of sp³-hybridized carbons (Fsp3) is 0.611. The van der Waals surface area contributed by atoms with Gasteiger partial charge in [0.25, 0.3) is 0 Å². The van der Waals surface area contributed by atoms with Crippen LogP contribution in [0.25, 0.3) is 0 Å². The zero-order valence-corrected chi connectivity index (χ0v) is 16.2. The Bertz CT molecular complexity index is 741. The smallest absolute Gasteiger partial charge is 0.321 e. The Morgan fingerprint density at radius 1 is 1.15 bits per heavy atom. The molecule has 1 aliphatic rings. The molecule has 0 aliphatic carbocycles. The Kier molecular flexibility index (Phi) is 5.95. The summed E-state index contributed by atoms with van der Waals surface area (Å²) in [5.41, 5.74) is 1.13. The molecule has 1 aromatic rings. The second-order valence-corrected chi connectivity index (χ2v) is 10.4. The third-order valence-electron chi connectivity index (χ3n) is 4.50. The topological polar surface area (TPSA) is 66.5 Å². The summed E-state index contributed by atoms with van der Waals surface area (Å²) < 4.78 is 50.4. The van der Waals surface area contributed by atoms with Crippen LogP contribution in [-0.4, -0.2) is 43.1 Å². The molecule has 0 spiro atoms. The number of nitrogens with zero attached hydrogens (tertiary/aromatic N) is 1. The summed E-state index contributed by atoms with van der Waals surface area (Å²) in [6.07, 6.45) is -0.262. The van der Waals surface area contributed by atoms with E-state index in [0.717, 1.165) is 0 Å².